The molecule has 0 unspecified atom stereocenters. The van der Waals surface area contributed by atoms with E-state index < -0.39 is 0 Å². The predicted octanol–water partition coefficient (Wildman–Crippen LogP) is 7.01. The number of hydrogen-bond donors (Lipinski definition) is 1. The average Bonchev–Trinajstić information content (AvgIpc) is 2.97. The number of hydrogen-bond acceptors (Lipinski definition) is 6. The molecule has 42 heavy (non-hydrogen) atoms. The number of anilines is 1. The molecule has 0 saturated heterocycles. The van der Waals surface area contributed by atoms with E-state index in [-0.39, 0.29) is 24.0 Å². The van der Waals surface area contributed by atoms with E-state index in [1.807, 2.05) is 70.2 Å². The number of aromatic nitrogens is 2. The van der Waals surface area contributed by atoms with Gasteiger partial charge in [0.2, 0.25) is 0 Å². The summed E-state index contributed by atoms with van der Waals surface area (Å²) in [5.41, 5.74) is 3.65. The van der Waals surface area contributed by atoms with Crippen LogP contribution in [-0.4, -0.2) is 35.0 Å². The van der Waals surface area contributed by atoms with Crippen LogP contribution in [0.1, 0.15) is 55.6 Å². The lowest BCUT2D eigenvalue weighted by Gasteiger charge is -2.17. The smallest absolute Gasteiger partial charge is 0.282 e. The number of aryl methyl sites for hydroxylation is 1. The predicted molar refractivity (Wildman–Crippen MR) is 172 cm³/mol. The number of nitrogens with zero attached hydrogens (tertiary/aromatic N) is 3. The maximum atomic E-state index is 13.5. The number of fused-ring (bicyclic) bond motifs is 1. The van der Waals surface area contributed by atoms with Crippen LogP contribution in [0.5, 0.6) is 11.5 Å². The average molecular weight is 632 g/mol. The summed E-state index contributed by atoms with van der Waals surface area (Å²) < 4.78 is 14.1. The largest absolute Gasteiger partial charge is 0.490 e. The van der Waals surface area contributed by atoms with E-state index in [0.29, 0.717) is 52.5 Å². The molecule has 4 aromatic rings. The van der Waals surface area contributed by atoms with Crippen LogP contribution in [0.2, 0.25) is 0 Å². The van der Waals surface area contributed by atoms with Gasteiger partial charge in [0.25, 0.3) is 11.5 Å². The highest BCUT2D eigenvalue weighted by molar-refractivity contribution is 9.10. The maximum Gasteiger partial charge on any atom is 0.282 e. The van der Waals surface area contributed by atoms with E-state index in [1.165, 1.54) is 4.68 Å². The van der Waals surface area contributed by atoms with Gasteiger partial charge in [-0.25, -0.2) is 4.98 Å². The molecule has 1 atom stereocenters. The minimum Gasteiger partial charge on any atom is -0.490 e. The van der Waals surface area contributed by atoms with Crippen LogP contribution < -0.4 is 20.3 Å². The molecule has 0 aliphatic heterocycles. The maximum absolute atomic E-state index is 13.5. The summed E-state index contributed by atoms with van der Waals surface area (Å²) in [6.07, 6.45) is 4.63. The van der Waals surface area contributed by atoms with Crippen LogP contribution in [0, 0.1) is 6.92 Å². The van der Waals surface area contributed by atoms with Crippen molar-refractivity contribution in [2.75, 3.05) is 18.5 Å². The lowest BCUT2D eigenvalue weighted by molar-refractivity contribution is -0.118. The second-order valence-corrected chi connectivity index (χ2v) is 10.9. The number of amides is 1. The highest BCUT2D eigenvalue weighted by Crippen LogP contribution is 2.34. The Hall–Kier alpha value is -4.24. The quantitative estimate of drug-likeness (QED) is 0.134. The number of halogens is 1. The number of rotatable bonds is 12. The van der Waals surface area contributed by atoms with E-state index in [9.17, 15) is 9.59 Å². The third-order valence-corrected chi connectivity index (χ3v) is 7.20. The van der Waals surface area contributed by atoms with Gasteiger partial charge in [0, 0.05) is 21.6 Å². The van der Waals surface area contributed by atoms with Crippen LogP contribution >= 0.6 is 15.9 Å². The van der Waals surface area contributed by atoms with Gasteiger partial charge in [0.15, 0.2) is 18.1 Å². The Kier molecular flexibility index (Phi) is 10.3. The topological polar surface area (TPSA) is 94.8 Å². The molecule has 1 aromatic heterocycles. The van der Waals surface area contributed by atoms with Crippen molar-refractivity contribution in [1.82, 2.24) is 9.66 Å². The van der Waals surface area contributed by atoms with Crippen LogP contribution in [0.4, 0.5) is 5.69 Å². The van der Waals surface area contributed by atoms with Gasteiger partial charge in [-0.1, -0.05) is 53.5 Å². The molecular formula is C33H35BrN4O4. The number of nitrogens with one attached hydrogen (secondary N) is 1. The minimum atomic E-state index is -0.288. The van der Waals surface area contributed by atoms with Crippen LogP contribution in [0.3, 0.4) is 0 Å². The Morgan fingerprint density at radius 1 is 1.14 bits per heavy atom. The van der Waals surface area contributed by atoms with Gasteiger partial charge < -0.3 is 14.8 Å². The highest BCUT2D eigenvalue weighted by atomic mass is 79.9. The Balaban J connectivity index is 1.68. The van der Waals surface area contributed by atoms with Gasteiger partial charge in [0.1, 0.15) is 5.82 Å². The fourth-order valence-electron chi connectivity index (χ4n) is 4.37. The molecule has 4 rings (SSSR count). The Morgan fingerprint density at radius 2 is 1.90 bits per heavy atom. The molecule has 0 saturated carbocycles. The van der Waals surface area contributed by atoms with Crippen molar-refractivity contribution in [2.24, 2.45) is 5.10 Å². The number of allylic oxidation sites excluding steroid dienone is 1. The molecule has 1 heterocycles. The highest BCUT2D eigenvalue weighted by Gasteiger charge is 2.17. The zero-order valence-corrected chi connectivity index (χ0v) is 25.9. The first-order valence-corrected chi connectivity index (χ1v) is 14.7. The molecule has 0 bridgehead atoms. The Labute approximate surface area is 254 Å². The molecule has 1 N–H and O–H groups in total. The number of carbonyl (C=O) groups excluding carboxylic acids is 1. The standard InChI is InChI=1S/C33H35BrN4O4/c1-6-9-24-16-23(17-29(41-8-3)31(24)42-20-30(39)36-26-13-10-21(4)11-14-26)19-35-38-32(22(5)7-2)37-28-15-12-25(34)18-27(28)33(38)40/h6,10-19,22H,1,7-9,20H2,2-5H3,(H,36,39)/t22-/m0/s1. The van der Waals surface area contributed by atoms with E-state index >= 15 is 0 Å². The van der Waals surface area contributed by atoms with Crippen molar-refractivity contribution in [3.8, 4) is 11.5 Å². The van der Waals surface area contributed by atoms with Crippen molar-refractivity contribution in [2.45, 2.75) is 46.5 Å². The van der Waals surface area contributed by atoms with Crippen LogP contribution in [-0.2, 0) is 11.2 Å². The summed E-state index contributed by atoms with van der Waals surface area (Å²) in [5, 5.41) is 7.92. The summed E-state index contributed by atoms with van der Waals surface area (Å²) in [7, 11) is 0. The lowest BCUT2D eigenvalue weighted by atomic mass is 10.1. The second kappa shape index (κ2) is 14.1. The molecule has 218 valence electrons. The number of ether oxygens (including phenoxy) is 2. The van der Waals surface area contributed by atoms with Gasteiger partial charge in [-0.2, -0.15) is 9.78 Å². The third kappa shape index (κ3) is 7.33. The van der Waals surface area contributed by atoms with E-state index in [0.717, 1.165) is 22.0 Å². The summed E-state index contributed by atoms with van der Waals surface area (Å²) in [6, 6.07) is 16.7. The van der Waals surface area contributed by atoms with Gasteiger partial charge in [-0.3, -0.25) is 9.59 Å². The third-order valence-electron chi connectivity index (χ3n) is 6.71. The zero-order chi connectivity index (χ0) is 30.2. The SMILES string of the molecule is C=CCc1cc(C=Nn2c([C@@H](C)CC)nc3ccc(Br)cc3c2=O)cc(OCC)c1OCC(=O)Nc1ccc(C)cc1. The second-order valence-electron chi connectivity index (χ2n) is 9.94. The zero-order valence-electron chi connectivity index (χ0n) is 24.3. The first-order chi connectivity index (χ1) is 20.2. The molecule has 8 nitrogen and oxygen atoms in total. The lowest BCUT2D eigenvalue weighted by Crippen LogP contribution is -2.23. The first-order valence-electron chi connectivity index (χ1n) is 13.9. The molecule has 1 amide bonds. The van der Waals surface area contributed by atoms with Gasteiger partial charge in [-0.05, 0) is 74.7 Å². The summed E-state index contributed by atoms with van der Waals surface area (Å²) >= 11 is 3.45. The van der Waals surface area contributed by atoms with Gasteiger partial charge in [-0.15, -0.1) is 6.58 Å². The fourth-order valence-corrected chi connectivity index (χ4v) is 4.73. The van der Waals surface area contributed by atoms with E-state index in [4.69, 9.17) is 14.5 Å². The first kappa shape index (κ1) is 30.7. The van der Waals surface area contributed by atoms with Crippen molar-refractivity contribution < 1.29 is 14.3 Å². The van der Waals surface area contributed by atoms with Crippen molar-refractivity contribution >= 4 is 44.6 Å². The van der Waals surface area contributed by atoms with E-state index in [1.54, 1.807) is 24.4 Å². The molecule has 0 radical (unpaired) electrons. The summed E-state index contributed by atoms with van der Waals surface area (Å²) in [5.74, 6) is 1.24. The fraction of sp³-hybridized carbons (Fsp3) is 0.273. The van der Waals surface area contributed by atoms with Crippen LogP contribution in [0.15, 0.2) is 81.6 Å². The Bertz CT molecular complexity index is 1680. The van der Waals surface area contributed by atoms with Crippen molar-refractivity contribution in [1.29, 1.82) is 0 Å². The normalized spacial score (nSPS) is 11.9. The molecule has 0 aliphatic carbocycles. The monoisotopic (exact) mass is 630 g/mol. The molecule has 0 spiro atoms. The molecular weight excluding hydrogens is 596 g/mol. The molecule has 0 fully saturated rings. The van der Waals surface area contributed by atoms with Crippen molar-refractivity contribution in [3.05, 3.63) is 105 Å². The number of carbonyl (C=O) groups is 1. The Morgan fingerprint density at radius 3 is 2.60 bits per heavy atom. The van der Waals surface area contributed by atoms with E-state index in [2.05, 4.69) is 32.9 Å². The molecule has 3 aromatic carbocycles. The summed E-state index contributed by atoms with van der Waals surface area (Å²) in [6.45, 7) is 12.0. The van der Waals surface area contributed by atoms with Gasteiger partial charge in [0.05, 0.1) is 23.7 Å². The molecule has 9 heteroatoms. The minimum absolute atomic E-state index is 0.0139. The number of benzene rings is 3. The summed E-state index contributed by atoms with van der Waals surface area (Å²) in [4.78, 5) is 30.9. The van der Waals surface area contributed by atoms with Crippen LogP contribution in [0.25, 0.3) is 10.9 Å². The molecule has 0 aliphatic rings. The van der Waals surface area contributed by atoms with Crippen molar-refractivity contribution in [3.63, 3.8) is 0 Å². The van der Waals surface area contributed by atoms with Gasteiger partial charge >= 0.3 is 0 Å².